The van der Waals surface area contributed by atoms with Gasteiger partial charge in [0.1, 0.15) is 48.5 Å². The van der Waals surface area contributed by atoms with Gasteiger partial charge in [-0.25, -0.2) is 57.4 Å². The minimum atomic E-state index is -3.68. The number of nitrogens with zero attached hydrogens (tertiary/aromatic N) is 4. The van der Waals surface area contributed by atoms with Crippen molar-refractivity contribution in [1.29, 1.82) is 0 Å². The monoisotopic (exact) mass is 2240 g/mol. The number of carbonyl (C=O) groups excluding carboxylic acids is 2. The van der Waals surface area contributed by atoms with Crippen LogP contribution in [0.5, 0.6) is 11.5 Å². The fourth-order valence-electron chi connectivity index (χ4n) is 12.0. The largest absolute Gasteiger partial charge is 0.497 e. The highest BCUT2D eigenvalue weighted by Gasteiger charge is 2.30. The van der Waals surface area contributed by atoms with Gasteiger partial charge in [0.2, 0.25) is 40.1 Å². The van der Waals surface area contributed by atoms with E-state index < -0.39 is 75.3 Å². The van der Waals surface area contributed by atoms with Crippen LogP contribution < -0.4 is 77.6 Å². The molecule has 0 radical (unpaired) electrons. The molecule has 0 unspecified atom stereocenters. The van der Waals surface area contributed by atoms with Crippen molar-refractivity contribution < 1.29 is 72.7 Å². The Morgan fingerprint density at radius 2 is 0.667 bits per heavy atom. The van der Waals surface area contributed by atoms with Crippen LogP contribution in [0.3, 0.4) is 0 Å². The van der Waals surface area contributed by atoms with Gasteiger partial charge in [0.15, 0.2) is 5.15 Å². The van der Waals surface area contributed by atoms with Gasteiger partial charge in [0, 0.05) is 94.7 Å². The van der Waals surface area contributed by atoms with Crippen molar-refractivity contribution in [2.45, 2.75) is 151 Å². The molecule has 0 spiro atoms. The summed E-state index contributed by atoms with van der Waals surface area (Å²) in [6.07, 6.45) is 3.17. The van der Waals surface area contributed by atoms with Crippen LogP contribution in [-0.2, 0) is 40.1 Å². The lowest BCUT2D eigenvalue weighted by atomic mass is 9.80. The molecule has 18 N–H and O–H groups in total. The van der Waals surface area contributed by atoms with Crippen LogP contribution in [0.15, 0.2) is 214 Å². The molecule has 44 heteroatoms. The van der Waals surface area contributed by atoms with Gasteiger partial charge in [0.25, 0.3) is 11.8 Å². The molecule has 2 amide bonds. The number of carbonyl (C=O) groups is 3. The lowest BCUT2D eigenvalue weighted by molar-refractivity contribution is 0.0696. The van der Waals surface area contributed by atoms with Crippen LogP contribution in [0.25, 0.3) is 51.5 Å². The molecule has 0 saturated carbocycles. The molecule has 0 bridgehead atoms. The van der Waals surface area contributed by atoms with Crippen LogP contribution >= 0.6 is 103 Å². The lowest BCUT2D eigenvalue weighted by Gasteiger charge is -2.20. The van der Waals surface area contributed by atoms with Crippen LogP contribution in [0, 0.1) is 7.14 Å². The van der Waals surface area contributed by atoms with Gasteiger partial charge >= 0.3 is 13.1 Å². The SMILES string of the molecule is CC(C)(C)NS(=O)(=O)c1cccc2c(Cl)nsc12.CC(C)(C)NS(=O)(=O)c1cccc2c(NCCCN)nsc12.CC(C)(C)NS(=O)(=O)c1cccc2c(NCCCNC(=O)c3ccc(I)cc3)nsc12.COc1ccc(-c2ccc(C(=O)NCCCNc3nsc4c(S(=O)(=O)NC(C)(C)C)cccc34)cc2)cc1.COc1ccc(B(O)O)cc1.NCCCN.O=C(O)c1ccc(I)cc1. The first-order valence-corrected chi connectivity index (χ1v) is 53.7. The summed E-state index contributed by atoms with van der Waals surface area (Å²) in [4.78, 5) is 36.0. The third-order valence-electron chi connectivity index (χ3n) is 17.9. The molecular formula is C91H116BClI2N16O16S8. The van der Waals surface area contributed by atoms with Gasteiger partial charge in [-0.2, -0.15) is 17.5 Å². The lowest BCUT2D eigenvalue weighted by Crippen LogP contribution is -2.40. The Morgan fingerprint density at radius 1 is 0.385 bits per heavy atom. The van der Waals surface area contributed by atoms with Gasteiger partial charge in [-0.3, -0.25) is 9.59 Å². The Labute approximate surface area is 839 Å². The number of anilines is 3. The minimum absolute atomic E-state index is 0.100. The van der Waals surface area contributed by atoms with E-state index in [9.17, 15) is 48.1 Å². The van der Waals surface area contributed by atoms with Crippen molar-refractivity contribution in [2.24, 2.45) is 17.2 Å². The number of aromatic carboxylic acids is 1. The van der Waals surface area contributed by atoms with E-state index in [1.54, 1.807) is 171 Å². The molecule has 9 aromatic carbocycles. The zero-order chi connectivity index (χ0) is 99.9. The molecule has 0 aliphatic heterocycles. The predicted octanol–water partition coefficient (Wildman–Crippen LogP) is 15.3. The van der Waals surface area contributed by atoms with Gasteiger partial charge in [0.05, 0.1) is 38.6 Å². The number of benzene rings is 9. The Kier molecular flexibility index (Phi) is 43.8. The van der Waals surface area contributed by atoms with E-state index in [2.05, 4.69) is 108 Å². The van der Waals surface area contributed by atoms with Crippen molar-refractivity contribution in [3.05, 3.63) is 223 Å². The highest BCUT2D eigenvalue weighted by molar-refractivity contribution is 14.1. The summed E-state index contributed by atoms with van der Waals surface area (Å²) in [5.41, 5.74) is 17.5. The van der Waals surface area contributed by atoms with Crippen LogP contribution in [0.4, 0.5) is 17.5 Å². The standard InChI is InChI=1S/C28H32N4O4S2.C21H25IN4O3S2.C14H22N4O2S2.C11H13ClN2O2S2.C7H9BO3.C7H5IO2.C3H10N2/c1-28(2,3)32-38(34,35)24-8-5-7-23-25(24)37-31-26(23)29-17-6-18-30-27(33)21-11-9-19(10-12-21)20-13-15-22(36-4)16-14-20;1-21(2,3)26-31(28,29)17-7-4-6-16-18(17)30-25-19(16)23-12-5-13-24-20(27)14-8-10-15(22)11-9-14;1-14(2,3)18-22(19,20)11-7-4-6-10-12(11)21-17-13(10)16-9-5-8-15;1-11(2,3)14-18(15,16)8-6-4-5-7-9(8)17-13-10(7)12;1-11-7-4-2-6(3-5-7)8(9)10;8-6-3-1-5(2-4-6)7(9)10;4-2-1-3-5/h5,7-16,32H,6,17-18H2,1-4H3,(H,29,31)(H,30,33);4,6-11,26H,5,12-13H2,1-3H3,(H,23,25)(H,24,27);4,6-7,18H,5,8-9,15H2,1-3H3,(H,16,17);4-6,14H,1-3H3;2-5,9-10H,1H3;1-4H,(H,9,10);1-5H2. The number of rotatable bonds is 31. The van der Waals surface area contributed by atoms with E-state index in [0.29, 0.717) is 127 Å². The van der Waals surface area contributed by atoms with Crippen molar-refractivity contribution in [2.75, 3.05) is 82.5 Å². The maximum Gasteiger partial charge on any atom is 0.488 e. The van der Waals surface area contributed by atoms with Gasteiger partial charge in [-0.15, -0.1) is 0 Å². The number of nitrogens with one attached hydrogen (secondary N) is 9. The molecule has 728 valence electrons. The molecule has 0 atom stereocenters. The first-order chi connectivity index (χ1) is 63.4. The first-order valence-electron chi connectivity index (χ1n) is 42.2. The van der Waals surface area contributed by atoms with E-state index in [-0.39, 0.29) is 31.4 Å². The van der Waals surface area contributed by atoms with Crippen molar-refractivity contribution in [1.82, 2.24) is 47.0 Å². The molecule has 4 heterocycles. The average Bonchev–Trinajstić information content (AvgIpc) is 1.70. The molecule has 4 aromatic heterocycles. The van der Waals surface area contributed by atoms with Crippen LogP contribution in [0.1, 0.15) is 140 Å². The summed E-state index contributed by atoms with van der Waals surface area (Å²) in [6, 6.07) is 56.5. The molecule has 13 aromatic rings. The summed E-state index contributed by atoms with van der Waals surface area (Å²) in [5, 5.41) is 44.8. The predicted molar refractivity (Wildman–Crippen MR) is 566 cm³/mol. The number of methoxy groups -OCH3 is 2. The summed E-state index contributed by atoms with van der Waals surface area (Å²) in [7, 11) is -12.7. The van der Waals surface area contributed by atoms with E-state index in [1.807, 2.05) is 120 Å². The number of hydrogen-bond acceptors (Lipinski definition) is 29. The zero-order valence-corrected chi connectivity index (χ0v) is 88.7. The molecule has 0 fully saturated rings. The Morgan fingerprint density at radius 3 is 0.963 bits per heavy atom. The van der Waals surface area contributed by atoms with Gasteiger partial charge < -0.3 is 68.4 Å². The number of fused-ring (bicyclic) bond motifs is 4. The third kappa shape index (κ3) is 36.5. The second-order valence-corrected chi connectivity index (χ2v) is 46.4. The minimum Gasteiger partial charge on any atom is -0.497 e. The Hall–Kier alpha value is -8.80. The highest BCUT2D eigenvalue weighted by Crippen LogP contribution is 2.37. The van der Waals surface area contributed by atoms with Crippen molar-refractivity contribution >= 4 is 231 Å². The molecule has 32 nitrogen and oxygen atoms in total. The van der Waals surface area contributed by atoms with E-state index in [0.717, 1.165) is 101 Å². The maximum atomic E-state index is 12.9. The van der Waals surface area contributed by atoms with Crippen LogP contribution in [0.2, 0.25) is 5.15 Å². The van der Waals surface area contributed by atoms with Crippen LogP contribution in [-0.4, -0.2) is 180 Å². The number of carboxylic acid groups (broad SMARTS) is 1. The van der Waals surface area contributed by atoms with Gasteiger partial charge in [-0.1, -0.05) is 78.3 Å². The quantitative estimate of drug-likeness (QED) is 0.0109. The smallest absolute Gasteiger partial charge is 0.488 e. The zero-order valence-electron chi connectivity index (χ0n) is 77.1. The number of sulfonamides is 4. The van der Waals surface area contributed by atoms with E-state index in [1.165, 1.54) is 11.5 Å². The maximum absolute atomic E-state index is 12.9. The van der Waals surface area contributed by atoms with E-state index in [4.69, 9.17) is 53.4 Å². The fraction of sp³-hybridized carbons (Fsp3) is 0.330. The fourth-order valence-corrected chi connectivity index (χ4v) is 23.9. The number of hydrogen-bond donors (Lipinski definition) is 15. The molecule has 0 saturated heterocycles. The number of ether oxygens (including phenoxy) is 2. The topological polar surface area (TPSA) is 505 Å². The molecule has 13 rings (SSSR count). The van der Waals surface area contributed by atoms with Crippen molar-refractivity contribution in [3.63, 3.8) is 0 Å². The number of carboxylic acids is 1. The summed E-state index contributed by atoms with van der Waals surface area (Å²) < 4.78 is 144. The highest BCUT2D eigenvalue weighted by atomic mass is 127. The molecule has 135 heavy (non-hydrogen) atoms. The number of nitrogens with two attached hydrogens (primary N) is 3. The third-order valence-corrected chi connectivity index (χ3v) is 31.0. The van der Waals surface area contributed by atoms with Gasteiger partial charge in [-0.05, 0) is 364 Å². The summed E-state index contributed by atoms with van der Waals surface area (Å²) >= 11 is 14.8. The first kappa shape index (κ1) is 113. The number of halogens is 3. The molecule has 0 aliphatic rings. The summed E-state index contributed by atoms with van der Waals surface area (Å²) in [5.74, 6) is 2.39. The number of aromatic nitrogens is 4. The molecular weight excluding hydrogens is 2130 g/mol. The Balaban J connectivity index is 0.000000230. The average molecular weight is 2250 g/mol. The Bertz CT molecular complexity index is 6520. The number of amides is 2. The van der Waals surface area contributed by atoms with E-state index >= 15 is 0 Å². The second kappa shape index (κ2) is 52.3. The summed E-state index contributed by atoms with van der Waals surface area (Å²) in [6.45, 7) is 26.6. The molecule has 0 aliphatic carbocycles. The second-order valence-electron chi connectivity index (χ2n) is 33.9. The normalized spacial score (nSPS) is 11.7. The van der Waals surface area contributed by atoms with Crippen molar-refractivity contribution in [3.8, 4) is 22.6 Å².